The summed E-state index contributed by atoms with van der Waals surface area (Å²) in [5.41, 5.74) is 3.12. The van der Waals surface area contributed by atoms with Crippen molar-refractivity contribution >= 4 is 11.6 Å². The fourth-order valence-corrected chi connectivity index (χ4v) is 1.69. The quantitative estimate of drug-likeness (QED) is 0.776. The van der Waals surface area contributed by atoms with E-state index in [1.54, 1.807) is 6.08 Å². The number of hydrogen-bond donors (Lipinski definition) is 1. The third-order valence-corrected chi connectivity index (χ3v) is 2.78. The summed E-state index contributed by atoms with van der Waals surface area (Å²) in [5, 5.41) is 2.94. The van der Waals surface area contributed by atoms with Crippen LogP contribution in [0.2, 0.25) is 0 Å². The molecule has 1 rings (SSSR count). The van der Waals surface area contributed by atoms with Crippen molar-refractivity contribution in [2.75, 3.05) is 5.32 Å². The van der Waals surface area contributed by atoms with E-state index in [1.807, 2.05) is 32.0 Å². The highest BCUT2D eigenvalue weighted by Crippen LogP contribution is 2.26. The van der Waals surface area contributed by atoms with Crippen molar-refractivity contribution in [1.29, 1.82) is 0 Å². The van der Waals surface area contributed by atoms with Gasteiger partial charge in [0.15, 0.2) is 0 Å². The maximum Gasteiger partial charge on any atom is 0.248 e. The fourth-order valence-electron chi connectivity index (χ4n) is 1.69. The van der Waals surface area contributed by atoms with Gasteiger partial charge in [0, 0.05) is 11.8 Å². The number of nitrogens with one attached hydrogen (secondary N) is 1. The highest BCUT2D eigenvalue weighted by Gasteiger charge is 2.09. The second-order valence-electron chi connectivity index (χ2n) is 4.61. The van der Waals surface area contributed by atoms with Crippen molar-refractivity contribution in [3.63, 3.8) is 0 Å². The molecule has 92 valence electrons. The van der Waals surface area contributed by atoms with E-state index in [2.05, 4.69) is 25.2 Å². The van der Waals surface area contributed by atoms with E-state index in [-0.39, 0.29) is 5.91 Å². The molecule has 0 aliphatic carbocycles. The first-order valence-corrected chi connectivity index (χ1v) is 6.09. The lowest BCUT2D eigenvalue weighted by Gasteiger charge is -2.14. The predicted molar refractivity (Wildman–Crippen MR) is 73.2 cm³/mol. The smallest absolute Gasteiger partial charge is 0.248 e. The van der Waals surface area contributed by atoms with Crippen molar-refractivity contribution in [3.05, 3.63) is 41.5 Å². The Morgan fingerprint density at radius 2 is 2.00 bits per heavy atom. The van der Waals surface area contributed by atoms with Crippen LogP contribution < -0.4 is 5.32 Å². The Kier molecular flexibility index (Phi) is 4.95. The van der Waals surface area contributed by atoms with E-state index in [1.165, 1.54) is 5.56 Å². The first-order valence-electron chi connectivity index (χ1n) is 6.09. The van der Waals surface area contributed by atoms with Crippen LogP contribution in [0.15, 0.2) is 35.9 Å². The Morgan fingerprint density at radius 3 is 2.59 bits per heavy atom. The van der Waals surface area contributed by atoms with Crippen LogP contribution in [0.4, 0.5) is 5.69 Å². The molecular formula is C15H21NO. The molecule has 0 aliphatic rings. The average molecular weight is 231 g/mol. The van der Waals surface area contributed by atoms with Crippen LogP contribution in [-0.4, -0.2) is 5.91 Å². The van der Waals surface area contributed by atoms with Gasteiger partial charge < -0.3 is 5.32 Å². The highest BCUT2D eigenvalue weighted by molar-refractivity contribution is 6.00. The summed E-state index contributed by atoms with van der Waals surface area (Å²) in [6.07, 6.45) is 2.68. The lowest BCUT2D eigenvalue weighted by atomic mass is 9.97. The second kappa shape index (κ2) is 6.24. The minimum absolute atomic E-state index is 0.0549. The Balaban J connectivity index is 2.91. The molecule has 0 aromatic heterocycles. The van der Waals surface area contributed by atoms with E-state index in [0.717, 1.165) is 17.7 Å². The number of allylic oxidation sites excluding steroid dienone is 1. The standard InChI is InChI=1S/C15H21NO/c1-5-12(4)13-8-6-7-9-14(13)16-15(17)10-11(2)3/h6-10,12H,5H2,1-4H3,(H,16,17). The van der Waals surface area contributed by atoms with E-state index >= 15 is 0 Å². The molecule has 0 bridgehead atoms. The third-order valence-electron chi connectivity index (χ3n) is 2.78. The summed E-state index contributed by atoms with van der Waals surface area (Å²) in [4.78, 5) is 11.7. The van der Waals surface area contributed by atoms with Crippen LogP contribution in [-0.2, 0) is 4.79 Å². The zero-order valence-corrected chi connectivity index (χ0v) is 11.1. The van der Waals surface area contributed by atoms with E-state index in [4.69, 9.17) is 0 Å². The van der Waals surface area contributed by atoms with Gasteiger partial charge in [-0.3, -0.25) is 4.79 Å². The molecule has 0 saturated heterocycles. The van der Waals surface area contributed by atoms with Crippen molar-refractivity contribution in [2.24, 2.45) is 0 Å². The maximum atomic E-state index is 11.7. The number of rotatable bonds is 4. The average Bonchev–Trinajstić information content (AvgIpc) is 2.27. The number of amides is 1. The Labute approximate surface area is 104 Å². The minimum Gasteiger partial charge on any atom is -0.322 e. The number of carbonyl (C=O) groups is 1. The minimum atomic E-state index is -0.0549. The van der Waals surface area contributed by atoms with Crippen LogP contribution in [0, 0.1) is 0 Å². The van der Waals surface area contributed by atoms with Gasteiger partial charge in [-0.05, 0) is 37.8 Å². The molecule has 1 aromatic carbocycles. The predicted octanol–water partition coefficient (Wildman–Crippen LogP) is 4.10. The van der Waals surface area contributed by atoms with Gasteiger partial charge in [-0.15, -0.1) is 0 Å². The molecule has 0 heterocycles. The molecule has 0 fully saturated rings. The summed E-state index contributed by atoms with van der Waals surface area (Å²) in [7, 11) is 0. The topological polar surface area (TPSA) is 29.1 Å². The van der Waals surface area contributed by atoms with Crippen LogP contribution in [0.3, 0.4) is 0 Å². The van der Waals surface area contributed by atoms with E-state index in [9.17, 15) is 4.79 Å². The van der Waals surface area contributed by atoms with Gasteiger partial charge in [-0.2, -0.15) is 0 Å². The summed E-state index contributed by atoms with van der Waals surface area (Å²) >= 11 is 0. The Bertz CT molecular complexity index is 417. The van der Waals surface area contributed by atoms with Crippen molar-refractivity contribution in [3.8, 4) is 0 Å². The van der Waals surface area contributed by atoms with Gasteiger partial charge in [-0.1, -0.05) is 37.6 Å². The monoisotopic (exact) mass is 231 g/mol. The molecule has 1 aromatic rings. The number of para-hydroxylation sites is 1. The molecule has 2 heteroatoms. The van der Waals surface area contributed by atoms with Crippen molar-refractivity contribution in [1.82, 2.24) is 0 Å². The fraction of sp³-hybridized carbons (Fsp3) is 0.400. The summed E-state index contributed by atoms with van der Waals surface area (Å²) in [5.74, 6) is 0.402. The Hall–Kier alpha value is -1.57. The largest absolute Gasteiger partial charge is 0.322 e. The molecule has 1 amide bonds. The molecule has 0 spiro atoms. The molecular weight excluding hydrogens is 210 g/mol. The van der Waals surface area contributed by atoms with Gasteiger partial charge >= 0.3 is 0 Å². The lowest BCUT2D eigenvalue weighted by molar-refractivity contribution is -0.111. The molecule has 0 radical (unpaired) electrons. The van der Waals surface area contributed by atoms with Gasteiger partial charge in [0.05, 0.1) is 0 Å². The van der Waals surface area contributed by atoms with Crippen LogP contribution in [0.5, 0.6) is 0 Å². The van der Waals surface area contributed by atoms with Crippen LogP contribution in [0.1, 0.15) is 45.6 Å². The molecule has 1 atom stereocenters. The van der Waals surface area contributed by atoms with E-state index < -0.39 is 0 Å². The molecule has 1 unspecified atom stereocenters. The third kappa shape index (κ3) is 4.06. The van der Waals surface area contributed by atoms with Crippen molar-refractivity contribution < 1.29 is 4.79 Å². The van der Waals surface area contributed by atoms with Gasteiger partial charge in [-0.25, -0.2) is 0 Å². The van der Waals surface area contributed by atoms with E-state index in [0.29, 0.717) is 5.92 Å². The van der Waals surface area contributed by atoms with Crippen molar-refractivity contribution in [2.45, 2.75) is 40.0 Å². The molecule has 0 aliphatic heterocycles. The summed E-state index contributed by atoms with van der Waals surface area (Å²) in [6, 6.07) is 7.99. The summed E-state index contributed by atoms with van der Waals surface area (Å²) in [6.45, 7) is 8.16. The van der Waals surface area contributed by atoms with Gasteiger partial charge in [0.2, 0.25) is 5.91 Å². The van der Waals surface area contributed by atoms with Gasteiger partial charge in [0.25, 0.3) is 0 Å². The SMILES string of the molecule is CCC(C)c1ccccc1NC(=O)C=C(C)C. The number of anilines is 1. The normalized spacial score (nSPS) is 11.8. The molecule has 2 nitrogen and oxygen atoms in total. The zero-order chi connectivity index (χ0) is 12.8. The van der Waals surface area contributed by atoms with Gasteiger partial charge in [0.1, 0.15) is 0 Å². The zero-order valence-electron chi connectivity index (χ0n) is 11.1. The van der Waals surface area contributed by atoms with Crippen LogP contribution in [0.25, 0.3) is 0 Å². The molecule has 1 N–H and O–H groups in total. The maximum absolute atomic E-state index is 11.7. The number of benzene rings is 1. The lowest BCUT2D eigenvalue weighted by Crippen LogP contribution is -2.11. The first kappa shape index (κ1) is 13.5. The van der Waals surface area contributed by atoms with Crippen LogP contribution >= 0.6 is 0 Å². The molecule has 0 saturated carbocycles. The first-order chi connectivity index (χ1) is 8.04. The number of carbonyl (C=O) groups excluding carboxylic acids is 1. The summed E-state index contributed by atoms with van der Waals surface area (Å²) < 4.78 is 0. The second-order valence-corrected chi connectivity index (χ2v) is 4.61. The highest BCUT2D eigenvalue weighted by atomic mass is 16.1. The number of hydrogen-bond acceptors (Lipinski definition) is 1. The molecule has 17 heavy (non-hydrogen) atoms. The Morgan fingerprint density at radius 1 is 1.35 bits per heavy atom.